The van der Waals surface area contributed by atoms with Crippen LogP contribution in [0.5, 0.6) is 0 Å². The van der Waals surface area contributed by atoms with Crippen LogP contribution in [0.3, 0.4) is 0 Å². The molecule has 4 nitrogen and oxygen atoms in total. The van der Waals surface area contributed by atoms with E-state index in [2.05, 4.69) is 9.97 Å². The van der Waals surface area contributed by atoms with Gasteiger partial charge in [-0.05, 0) is 24.3 Å². The minimum atomic E-state index is -0.115. The van der Waals surface area contributed by atoms with Crippen LogP contribution < -0.4 is 0 Å². The summed E-state index contributed by atoms with van der Waals surface area (Å²) in [4.78, 5) is 20.1. The number of hydrogen-bond donors (Lipinski definition) is 0. The molecule has 1 aromatic heterocycles. The number of rotatable bonds is 5. The van der Waals surface area contributed by atoms with Crippen LogP contribution in [0.25, 0.3) is 10.9 Å². The molecule has 3 rings (SSSR count). The van der Waals surface area contributed by atoms with Gasteiger partial charge in [-0.15, -0.1) is 11.8 Å². The molecule has 0 spiro atoms. The molecule has 2 aromatic rings. The Hall–Kier alpha value is -1.62. The Morgan fingerprint density at radius 2 is 2.15 bits per heavy atom. The lowest BCUT2D eigenvalue weighted by Crippen LogP contribution is -2.13. The zero-order valence-electron chi connectivity index (χ0n) is 11.3. The van der Waals surface area contributed by atoms with Gasteiger partial charge in [-0.1, -0.05) is 18.2 Å². The summed E-state index contributed by atoms with van der Waals surface area (Å²) in [6.45, 7) is 0. The van der Waals surface area contributed by atoms with E-state index in [9.17, 15) is 4.79 Å². The summed E-state index contributed by atoms with van der Waals surface area (Å²) in [5.74, 6) is 0.791. The molecule has 0 saturated heterocycles. The molecule has 104 valence electrons. The summed E-state index contributed by atoms with van der Waals surface area (Å²) in [7, 11) is 1.45. The topological polar surface area (TPSA) is 52.1 Å². The van der Waals surface area contributed by atoms with Gasteiger partial charge in [-0.25, -0.2) is 9.97 Å². The predicted molar refractivity (Wildman–Crippen MR) is 78.6 cm³/mol. The van der Waals surface area contributed by atoms with Gasteiger partial charge < -0.3 is 4.74 Å². The smallest absolute Gasteiger partial charge is 0.306 e. The van der Waals surface area contributed by atoms with Gasteiger partial charge in [-0.3, -0.25) is 4.79 Å². The lowest BCUT2D eigenvalue weighted by atomic mass is 10.1. The van der Waals surface area contributed by atoms with Gasteiger partial charge in [0.1, 0.15) is 11.4 Å². The maximum absolute atomic E-state index is 11.4. The number of fused-ring (bicyclic) bond motifs is 1. The van der Waals surface area contributed by atoms with E-state index < -0.39 is 0 Å². The largest absolute Gasteiger partial charge is 0.469 e. The summed E-state index contributed by atoms with van der Waals surface area (Å²) >= 11 is 1.71. The van der Waals surface area contributed by atoms with Crippen molar-refractivity contribution in [3.8, 4) is 0 Å². The fourth-order valence-electron chi connectivity index (χ4n) is 2.24. The zero-order valence-corrected chi connectivity index (χ0v) is 12.2. The molecule has 1 aliphatic rings. The molecule has 1 saturated carbocycles. The molecule has 1 heterocycles. The number of carbonyl (C=O) groups is 1. The van der Waals surface area contributed by atoms with E-state index in [0.29, 0.717) is 6.42 Å². The second-order valence-corrected chi connectivity index (χ2v) is 6.20. The third kappa shape index (κ3) is 2.77. The molecule has 5 heteroatoms. The van der Waals surface area contributed by atoms with E-state index >= 15 is 0 Å². The number of ether oxygens (including phenoxy) is 1. The molecule has 0 radical (unpaired) electrons. The van der Waals surface area contributed by atoms with Crippen LogP contribution in [0, 0.1) is 5.41 Å². The van der Waals surface area contributed by atoms with Gasteiger partial charge in [0, 0.05) is 11.1 Å². The first-order chi connectivity index (χ1) is 9.72. The normalized spacial score (nSPS) is 16.1. The Morgan fingerprint density at radius 3 is 2.90 bits per heavy atom. The lowest BCUT2D eigenvalue weighted by molar-refractivity contribution is -0.141. The van der Waals surface area contributed by atoms with Gasteiger partial charge in [0.15, 0.2) is 0 Å². The number of nitrogens with zero attached hydrogens (tertiary/aromatic N) is 2. The molecule has 0 N–H and O–H groups in total. The van der Waals surface area contributed by atoms with Crippen molar-refractivity contribution in [1.82, 2.24) is 9.97 Å². The van der Waals surface area contributed by atoms with Crippen molar-refractivity contribution in [2.75, 3.05) is 12.9 Å². The number of esters is 1. The van der Waals surface area contributed by atoms with E-state index in [1.54, 1.807) is 18.1 Å². The number of methoxy groups -OCH3 is 1. The summed E-state index contributed by atoms with van der Waals surface area (Å²) in [6.07, 6.45) is 4.31. The molecule has 1 fully saturated rings. The van der Waals surface area contributed by atoms with Gasteiger partial charge in [0.2, 0.25) is 0 Å². The summed E-state index contributed by atoms with van der Waals surface area (Å²) in [6, 6.07) is 8.00. The highest BCUT2D eigenvalue weighted by molar-refractivity contribution is 7.99. The van der Waals surface area contributed by atoms with Crippen molar-refractivity contribution < 1.29 is 9.53 Å². The monoisotopic (exact) mass is 288 g/mol. The molecule has 0 unspecified atom stereocenters. The zero-order chi connectivity index (χ0) is 14.0. The standard InChI is InChI=1S/C15H16N2O2S/c1-19-13(18)8-15(6-7-15)9-20-14-11-4-2-3-5-12(11)16-10-17-14/h2-5,10H,6-9H2,1H3. The minimum Gasteiger partial charge on any atom is -0.469 e. The van der Waals surface area contributed by atoms with E-state index in [4.69, 9.17) is 4.74 Å². The van der Waals surface area contributed by atoms with Crippen molar-refractivity contribution >= 4 is 28.6 Å². The number of carbonyl (C=O) groups excluding carboxylic acids is 1. The predicted octanol–water partition coefficient (Wildman–Crippen LogP) is 3.07. The maximum Gasteiger partial charge on any atom is 0.306 e. The third-order valence-electron chi connectivity index (χ3n) is 3.73. The van der Waals surface area contributed by atoms with Crippen molar-refractivity contribution in [3.05, 3.63) is 30.6 Å². The van der Waals surface area contributed by atoms with Crippen LogP contribution in [0.15, 0.2) is 35.6 Å². The van der Waals surface area contributed by atoms with Crippen LogP contribution in [0.2, 0.25) is 0 Å². The number of thioether (sulfide) groups is 1. The molecule has 0 aliphatic heterocycles. The van der Waals surface area contributed by atoms with Crippen molar-refractivity contribution in [2.45, 2.75) is 24.3 Å². The first kappa shape index (κ1) is 13.4. The molecular weight excluding hydrogens is 272 g/mol. The Morgan fingerprint density at radius 1 is 1.35 bits per heavy atom. The fourth-order valence-corrected chi connectivity index (χ4v) is 3.53. The van der Waals surface area contributed by atoms with Crippen molar-refractivity contribution in [2.24, 2.45) is 5.41 Å². The lowest BCUT2D eigenvalue weighted by Gasteiger charge is -2.13. The Kier molecular flexibility index (Phi) is 3.61. The average Bonchev–Trinajstić information content (AvgIpc) is 3.25. The van der Waals surface area contributed by atoms with Crippen LogP contribution in [0.1, 0.15) is 19.3 Å². The van der Waals surface area contributed by atoms with Crippen LogP contribution in [-0.4, -0.2) is 28.8 Å². The van der Waals surface area contributed by atoms with E-state index in [1.165, 1.54) is 7.11 Å². The van der Waals surface area contributed by atoms with E-state index in [0.717, 1.165) is 34.5 Å². The molecule has 0 atom stereocenters. The molecule has 0 amide bonds. The second kappa shape index (κ2) is 5.40. The number of para-hydroxylation sites is 1. The van der Waals surface area contributed by atoms with Crippen LogP contribution >= 0.6 is 11.8 Å². The molecular formula is C15H16N2O2S. The van der Waals surface area contributed by atoms with Gasteiger partial charge >= 0.3 is 5.97 Å². The molecule has 0 bridgehead atoms. The number of aromatic nitrogens is 2. The SMILES string of the molecule is COC(=O)CC1(CSc2ncnc3ccccc23)CC1. The summed E-state index contributed by atoms with van der Waals surface area (Å²) < 4.78 is 4.77. The third-order valence-corrected chi connectivity index (χ3v) is 5.08. The molecule has 1 aliphatic carbocycles. The molecule has 1 aromatic carbocycles. The van der Waals surface area contributed by atoms with Gasteiger partial charge in [0.05, 0.1) is 19.0 Å². The van der Waals surface area contributed by atoms with Crippen molar-refractivity contribution in [3.63, 3.8) is 0 Å². The highest BCUT2D eigenvalue weighted by Gasteiger charge is 2.44. The summed E-state index contributed by atoms with van der Waals surface area (Å²) in [5.41, 5.74) is 1.08. The van der Waals surface area contributed by atoms with Gasteiger partial charge in [-0.2, -0.15) is 0 Å². The number of hydrogen-bond acceptors (Lipinski definition) is 5. The van der Waals surface area contributed by atoms with Gasteiger partial charge in [0.25, 0.3) is 0 Å². The number of benzene rings is 1. The average molecular weight is 288 g/mol. The fraction of sp³-hybridized carbons (Fsp3) is 0.400. The van der Waals surface area contributed by atoms with Crippen LogP contribution in [0.4, 0.5) is 0 Å². The Balaban J connectivity index is 1.73. The molecule has 20 heavy (non-hydrogen) atoms. The van der Waals surface area contributed by atoms with E-state index in [-0.39, 0.29) is 11.4 Å². The van der Waals surface area contributed by atoms with E-state index in [1.807, 2.05) is 24.3 Å². The quantitative estimate of drug-likeness (QED) is 0.481. The first-order valence-corrected chi connectivity index (χ1v) is 7.60. The van der Waals surface area contributed by atoms with Crippen LogP contribution in [-0.2, 0) is 9.53 Å². The first-order valence-electron chi connectivity index (χ1n) is 6.62. The summed E-state index contributed by atoms with van der Waals surface area (Å²) in [5, 5.41) is 2.07. The second-order valence-electron chi connectivity index (χ2n) is 5.24. The highest BCUT2D eigenvalue weighted by atomic mass is 32.2. The Bertz CT molecular complexity index is 635. The maximum atomic E-state index is 11.4. The minimum absolute atomic E-state index is 0.115. The highest BCUT2D eigenvalue weighted by Crippen LogP contribution is 2.52. The Labute approximate surface area is 121 Å². The van der Waals surface area contributed by atoms with Crippen molar-refractivity contribution in [1.29, 1.82) is 0 Å².